The van der Waals surface area contributed by atoms with Gasteiger partial charge in [0.1, 0.15) is 0 Å². The van der Waals surface area contributed by atoms with E-state index in [1.807, 2.05) is 23.1 Å². The second-order valence-corrected chi connectivity index (χ2v) is 6.32. The number of hydrogen-bond acceptors (Lipinski definition) is 3. The van der Waals surface area contributed by atoms with Crippen molar-refractivity contribution in [1.29, 1.82) is 0 Å². The van der Waals surface area contributed by atoms with Gasteiger partial charge in [-0.25, -0.2) is 9.59 Å². The second kappa shape index (κ2) is 8.38. The van der Waals surface area contributed by atoms with Crippen molar-refractivity contribution in [2.45, 2.75) is 13.0 Å². The minimum absolute atomic E-state index is 0.0813. The third-order valence-electron chi connectivity index (χ3n) is 4.55. The van der Waals surface area contributed by atoms with Gasteiger partial charge in [0.2, 0.25) is 0 Å². The number of hydrogen-bond donors (Lipinski definition) is 2. The fraction of sp³-hybridized carbons (Fsp3) is 0.300. The molecule has 0 saturated carbocycles. The van der Waals surface area contributed by atoms with Crippen LogP contribution in [0.1, 0.15) is 22.3 Å². The third kappa shape index (κ3) is 4.53. The predicted octanol–water partition coefficient (Wildman–Crippen LogP) is 2.81. The van der Waals surface area contributed by atoms with Gasteiger partial charge in [-0.05, 0) is 36.2 Å². The zero-order valence-corrected chi connectivity index (χ0v) is 14.6. The molecule has 0 bridgehead atoms. The molecule has 1 aliphatic heterocycles. The molecule has 2 aromatic rings. The molecule has 26 heavy (non-hydrogen) atoms. The van der Waals surface area contributed by atoms with Gasteiger partial charge in [0, 0.05) is 38.4 Å². The summed E-state index contributed by atoms with van der Waals surface area (Å²) in [5.41, 5.74) is 2.31. The summed E-state index contributed by atoms with van der Waals surface area (Å²) in [7, 11) is 0. The molecule has 0 aliphatic carbocycles. The Bertz CT molecular complexity index is 747. The maximum atomic E-state index is 12.4. The lowest BCUT2D eigenvalue weighted by Crippen LogP contribution is -2.41. The molecule has 3 rings (SSSR count). The zero-order valence-electron chi connectivity index (χ0n) is 14.6. The number of nitrogens with zero attached hydrogens (tertiary/aromatic N) is 2. The molecule has 0 radical (unpaired) electrons. The molecular weight excluding hydrogens is 330 g/mol. The van der Waals surface area contributed by atoms with E-state index < -0.39 is 5.97 Å². The average Bonchev–Trinajstić information content (AvgIpc) is 2.93. The SMILES string of the molecule is O=C(O)c1ccc(CNC(=O)N2CCCN(c3ccccc3)CC2)cc1. The quantitative estimate of drug-likeness (QED) is 0.886. The van der Waals surface area contributed by atoms with E-state index in [9.17, 15) is 9.59 Å². The van der Waals surface area contributed by atoms with Crippen molar-refractivity contribution >= 4 is 17.7 Å². The minimum Gasteiger partial charge on any atom is -0.478 e. The van der Waals surface area contributed by atoms with Crippen LogP contribution in [0.2, 0.25) is 0 Å². The molecule has 6 nitrogen and oxygen atoms in total. The summed E-state index contributed by atoms with van der Waals surface area (Å²) < 4.78 is 0. The van der Waals surface area contributed by atoms with Crippen molar-refractivity contribution in [2.75, 3.05) is 31.1 Å². The minimum atomic E-state index is -0.951. The number of urea groups is 1. The van der Waals surface area contributed by atoms with Gasteiger partial charge in [-0.2, -0.15) is 0 Å². The topological polar surface area (TPSA) is 72.9 Å². The van der Waals surface area contributed by atoms with Gasteiger partial charge in [-0.15, -0.1) is 0 Å². The van der Waals surface area contributed by atoms with Gasteiger partial charge in [0.05, 0.1) is 5.56 Å². The predicted molar refractivity (Wildman–Crippen MR) is 100 cm³/mol. The van der Waals surface area contributed by atoms with Crippen LogP contribution >= 0.6 is 0 Å². The number of rotatable bonds is 4. The number of carboxylic acid groups (broad SMARTS) is 1. The van der Waals surface area contributed by atoms with Gasteiger partial charge < -0.3 is 20.2 Å². The lowest BCUT2D eigenvalue weighted by molar-refractivity contribution is 0.0697. The molecule has 0 unspecified atom stereocenters. The molecule has 2 amide bonds. The van der Waals surface area contributed by atoms with Crippen LogP contribution in [0, 0.1) is 0 Å². The number of para-hydroxylation sites is 1. The van der Waals surface area contributed by atoms with Crippen LogP contribution in [0.4, 0.5) is 10.5 Å². The van der Waals surface area contributed by atoms with Crippen molar-refractivity contribution in [3.63, 3.8) is 0 Å². The summed E-state index contributed by atoms with van der Waals surface area (Å²) in [6.45, 7) is 3.54. The van der Waals surface area contributed by atoms with Gasteiger partial charge in [0.15, 0.2) is 0 Å². The molecule has 2 aromatic carbocycles. The van der Waals surface area contributed by atoms with Gasteiger partial charge in [-0.1, -0.05) is 30.3 Å². The Hall–Kier alpha value is -3.02. The highest BCUT2D eigenvalue weighted by atomic mass is 16.4. The standard InChI is InChI=1S/C20H23N3O3/c24-19(25)17-9-7-16(8-10-17)15-21-20(26)23-12-4-11-22(13-14-23)18-5-2-1-3-6-18/h1-3,5-10H,4,11-15H2,(H,21,26)(H,24,25). The first kappa shape index (κ1) is 17.8. The van der Waals surface area contributed by atoms with E-state index in [4.69, 9.17) is 5.11 Å². The lowest BCUT2D eigenvalue weighted by atomic mass is 10.1. The average molecular weight is 353 g/mol. The molecule has 136 valence electrons. The molecule has 2 N–H and O–H groups in total. The smallest absolute Gasteiger partial charge is 0.335 e. The molecule has 1 aliphatic rings. The molecule has 6 heteroatoms. The van der Waals surface area contributed by atoms with Crippen LogP contribution in [0.15, 0.2) is 54.6 Å². The number of anilines is 1. The Kier molecular flexibility index (Phi) is 5.73. The van der Waals surface area contributed by atoms with E-state index >= 15 is 0 Å². The maximum absolute atomic E-state index is 12.4. The first-order valence-electron chi connectivity index (χ1n) is 8.78. The van der Waals surface area contributed by atoms with Crippen LogP contribution < -0.4 is 10.2 Å². The molecule has 0 atom stereocenters. The summed E-state index contributed by atoms with van der Waals surface area (Å²) >= 11 is 0. The summed E-state index contributed by atoms with van der Waals surface area (Å²) in [6, 6.07) is 16.7. The molecule has 1 heterocycles. The molecule has 0 spiro atoms. The number of benzene rings is 2. The van der Waals surface area contributed by atoms with Crippen molar-refractivity contribution in [2.24, 2.45) is 0 Å². The highest BCUT2D eigenvalue weighted by Gasteiger charge is 2.19. The van der Waals surface area contributed by atoms with Crippen LogP contribution in [0.25, 0.3) is 0 Å². The highest BCUT2D eigenvalue weighted by Crippen LogP contribution is 2.15. The van der Waals surface area contributed by atoms with E-state index in [1.165, 1.54) is 5.69 Å². The van der Waals surface area contributed by atoms with E-state index in [2.05, 4.69) is 22.3 Å². The number of nitrogens with one attached hydrogen (secondary N) is 1. The van der Waals surface area contributed by atoms with Crippen LogP contribution in [0.3, 0.4) is 0 Å². The Morgan fingerprint density at radius 2 is 1.65 bits per heavy atom. The first-order valence-corrected chi connectivity index (χ1v) is 8.78. The lowest BCUT2D eigenvalue weighted by Gasteiger charge is -2.24. The van der Waals surface area contributed by atoms with Crippen LogP contribution in [0.5, 0.6) is 0 Å². The van der Waals surface area contributed by atoms with Gasteiger partial charge >= 0.3 is 12.0 Å². The van der Waals surface area contributed by atoms with Crippen molar-refractivity contribution in [3.8, 4) is 0 Å². The summed E-state index contributed by atoms with van der Waals surface area (Å²) in [6.07, 6.45) is 0.926. The fourth-order valence-corrected chi connectivity index (χ4v) is 3.07. The van der Waals surface area contributed by atoms with Crippen LogP contribution in [-0.2, 0) is 6.54 Å². The molecular formula is C20H23N3O3. The molecule has 0 aromatic heterocycles. The first-order chi connectivity index (χ1) is 12.6. The number of carbonyl (C=O) groups is 2. The second-order valence-electron chi connectivity index (χ2n) is 6.32. The molecule has 1 saturated heterocycles. The highest BCUT2D eigenvalue weighted by molar-refractivity contribution is 5.87. The maximum Gasteiger partial charge on any atom is 0.335 e. The Balaban J connectivity index is 1.51. The largest absolute Gasteiger partial charge is 0.478 e. The number of carboxylic acids is 1. The van der Waals surface area contributed by atoms with E-state index in [0.29, 0.717) is 13.1 Å². The van der Waals surface area contributed by atoms with Crippen molar-refractivity contribution in [1.82, 2.24) is 10.2 Å². The number of carbonyl (C=O) groups excluding carboxylic acids is 1. The van der Waals surface area contributed by atoms with E-state index in [1.54, 1.807) is 24.3 Å². The zero-order chi connectivity index (χ0) is 18.4. The Morgan fingerprint density at radius 1 is 0.923 bits per heavy atom. The summed E-state index contributed by atoms with van der Waals surface area (Å²) in [5.74, 6) is -0.951. The van der Waals surface area contributed by atoms with Crippen molar-refractivity contribution < 1.29 is 14.7 Å². The van der Waals surface area contributed by atoms with Gasteiger partial charge in [0.25, 0.3) is 0 Å². The Morgan fingerprint density at radius 3 is 2.35 bits per heavy atom. The molecule has 1 fully saturated rings. The fourth-order valence-electron chi connectivity index (χ4n) is 3.07. The Labute approximate surface area is 153 Å². The third-order valence-corrected chi connectivity index (χ3v) is 4.55. The van der Waals surface area contributed by atoms with E-state index in [0.717, 1.165) is 31.6 Å². The summed E-state index contributed by atoms with van der Waals surface area (Å²) in [5, 5.41) is 11.8. The monoisotopic (exact) mass is 353 g/mol. The summed E-state index contributed by atoms with van der Waals surface area (Å²) in [4.78, 5) is 27.5. The van der Waals surface area contributed by atoms with E-state index in [-0.39, 0.29) is 11.6 Å². The van der Waals surface area contributed by atoms with Gasteiger partial charge in [-0.3, -0.25) is 0 Å². The van der Waals surface area contributed by atoms with Crippen LogP contribution in [-0.4, -0.2) is 48.2 Å². The van der Waals surface area contributed by atoms with Crippen molar-refractivity contribution in [3.05, 3.63) is 65.7 Å². The number of amides is 2. The normalized spacial score (nSPS) is 14.6. The number of aromatic carboxylic acids is 1.